The molecule has 1 heterocycles. The molecular formula is C16H18ClNO2S. The van der Waals surface area contributed by atoms with Crippen molar-refractivity contribution >= 4 is 28.8 Å². The van der Waals surface area contributed by atoms with Gasteiger partial charge in [0.2, 0.25) is 0 Å². The lowest BCUT2D eigenvalue weighted by molar-refractivity contribution is -0.137. The number of halogens is 1. The molecule has 0 N–H and O–H groups in total. The second-order valence-electron chi connectivity index (χ2n) is 4.98. The molecule has 0 aliphatic carbocycles. The Morgan fingerprint density at radius 2 is 2.14 bits per heavy atom. The maximum absolute atomic E-state index is 12.3. The fourth-order valence-corrected chi connectivity index (χ4v) is 3.14. The van der Waals surface area contributed by atoms with Crippen LogP contribution < -0.4 is 4.74 Å². The van der Waals surface area contributed by atoms with Gasteiger partial charge in [-0.15, -0.1) is 11.3 Å². The summed E-state index contributed by atoms with van der Waals surface area (Å²) in [4.78, 5) is 15.0. The van der Waals surface area contributed by atoms with Crippen molar-refractivity contribution in [1.82, 2.24) is 4.90 Å². The van der Waals surface area contributed by atoms with Gasteiger partial charge in [0, 0.05) is 11.9 Å². The number of likely N-dealkylation sites (N-methyl/N-ethyl adjacent to an activating group) is 1. The molecule has 0 radical (unpaired) electrons. The third-order valence-corrected chi connectivity index (χ3v) is 4.26. The first kappa shape index (κ1) is 15.9. The van der Waals surface area contributed by atoms with Crippen LogP contribution in [0.4, 0.5) is 0 Å². The van der Waals surface area contributed by atoms with Crippen molar-refractivity contribution in [3.8, 4) is 5.75 Å². The number of aryl methyl sites for hydroxylation is 1. The van der Waals surface area contributed by atoms with Crippen LogP contribution in [0, 0.1) is 6.92 Å². The number of amides is 1. The molecule has 0 fully saturated rings. The number of nitrogens with zero attached hydrogens (tertiary/aromatic N) is 1. The minimum Gasteiger partial charge on any atom is -0.481 e. The van der Waals surface area contributed by atoms with E-state index in [9.17, 15) is 4.79 Å². The van der Waals surface area contributed by atoms with Crippen molar-refractivity contribution in [2.75, 3.05) is 7.05 Å². The molecule has 1 atom stereocenters. The fraction of sp³-hybridized carbons (Fsp3) is 0.312. The SMILES string of the molecule is Cc1cccc(OC(C)C(=O)N(C)Cc2ccc(Cl)s2)c1. The van der Waals surface area contributed by atoms with Gasteiger partial charge >= 0.3 is 0 Å². The third-order valence-electron chi connectivity index (χ3n) is 3.05. The largest absolute Gasteiger partial charge is 0.481 e. The van der Waals surface area contributed by atoms with E-state index in [0.29, 0.717) is 12.3 Å². The quantitative estimate of drug-likeness (QED) is 0.827. The molecule has 3 nitrogen and oxygen atoms in total. The van der Waals surface area contributed by atoms with Crippen molar-refractivity contribution < 1.29 is 9.53 Å². The van der Waals surface area contributed by atoms with Crippen LogP contribution in [0.1, 0.15) is 17.4 Å². The van der Waals surface area contributed by atoms with Crippen molar-refractivity contribution in [3.63, 3.8) is 0 Å². The molecule has 1 aromatic heterocycles. The maximum Gasteiger partial charge on any atom is 0.263 e. The first-order valence-corrected chi connectivity index (χ1v) is 7.87. The second-order valence-corrected chi connectivity index (χ2v) is 6.78. The molecule has 1 aromatic carbocycles. The highest BCUT2D eigenvalue weighted by molar-refractivity contribution is 7.16. The van der Waals surface area contributed by atoms with E-state index in [1.165, 1.54) is 11.3 Å². The zero-order chi connectivity index (χ0) is 15.4. The van der Waals surface area contributed by atoms with Crippen molar-refractivity contribution in [2.24, 2.45) is 0 Å². The van der Waals surface area contributed by atoms with E-state index in [1.807, 2.05) is 43.3 Å². The Labute approximate surface area is 134 Å². The Kier molecular flexibility index (Phi) is 5.26. The molecule has 2 aromatic rings. The number of ether oxygens (including phenoxy) is 1. The first-order valence-electron chi connectivity index (χ1n) is 6.68. The van der Waals surface area contributed by atoms with Gasteiger partial charge in [0.1, 0.15) is 5.75 Å². The normalized spacial score (nSPS) is 12.0. The summed E-state index contributed by atoms with van der Waals surface area (Å²) >= 11 is 7.38. The summed E-state index contributed by atoms with van der Waals surface area (Å²) in [6, 6.07) is 11.5. The van der Waals surface area contributed by atoms with E-state index in [4.69, 9.17) is 16.3 Å². The van der Waals surface area contributed by atoms with E-state index in [2.05, 4.69) is 0 Å². The van der Waals surface area contributed by atoms with Gasteiger partial charge < -0.3 is 9.64 Å². The van der Waals surface area contributed by atoms with Gasteiger partial charge in [-0.1, -0.05) is 23.7 Å². The van der Waals surface area contributed by atoms with Crippen LogP contribution in [0.5, 0.6) is 5.75 Å². The Bertz CT molecular complexity index is 626. The standard InChI is InChI=1S/C16H18ClNO2S/c1-11-5-4-6-13(9-11)20-12(2)16(19)18(3)10-14-7-8-15(17)21-14/h4-9,12H,10H2,1-3H3. The number of carbonyl (C=O) groups excluding carboxylic acids is 1. The van der Waals surface area contributed by atoms with Gasteiger partial charge in [0.15, 0.2) is 6.10 Å². The van der Waals surface area contributed by atoms with Crippen molar-refractivity contribution in [1.29, 1.82) is 0 Å². The maximum atomic E-state index is 12.3. The van der Waals surface area contributed by atoms with Crippen LogP contribution in [0.3, 0.4) is 0 Å². The van der Waals surface area contributed by atoms with Gasteiger partial charge in [-0.25, -0.2) is 0 Å². The van der Waals surface area contributed by atoms with Gasteiger partial charge in [-0.3, -0.25) is 4.79 Å². The number of rotatable bonds is 5. The number of thiophene rings is 1. The highest BCUT2D eigenvalue weighted by atomic mass is 35.5. The van der Waals surface area contributed by atoms with Crippen LogP contribution in [0.15, 0.2) is 36.4 Å². The summed E-state index contributed by atoms with van der Waals surface area (Å²) in [5.41, 5.74) is 1.11. The number of hydrogen-bond acceptors (Lipinski definition) is 3. The van der Waals surface area contributed by atoms with Crippen LogP contribution >= 0.6 is 22.9 Å². The second kappa shape index (κ2) is 6.96. The Morgan fingerprint density at radius 1 is 1.38 bits per heavy atom. The monoisotopic (exact) mass is 323 g/mol. The van der Waals surface area contributed by atoms with E-state index in [-0.39, 0.29) is 5.91 Å². The molecule has 0 saturated heterocycles. The molecule has 0 aliphatic rings. The van der Waals surface area contributed by atoms with Crippen molar-refractivity contribution in [3.05, 3.63) is 51.2 Å². The predicted octanol–water partition coefficient (Wildman–Crippen LogP) is 4.14. The smallest absolute Gasteiger partial charge is 0.263 e. The first-order chi connectivity index (χ1) is 9.95. The molecule has 1 amide bonds. The molecule has 112 valence electrons. The lowest BCUT2D eigenvalue weighted by Crippen LogP contribution is -2.37. The summed E-state index contributed by atoms with van der Waals surface area (Å²) < 4.78 is 6.44. The molecule has 1 unspecified atom stereocenters. The van der Waals surface area contributed by atoms with Crippen LogP contribution in [-0.4, -0.2) is 24.0 Å². The van der Waals surface area contributed by atoms with Gasteiger partial charge in [-0.05, 0) is 43.7 Å². The van der Waals surface area contributed by atoms with Gasteiger partial charge in [0.25, 0.3) is 5.91 Å². The minimum atomic E-state index is -0.521. The fourth-order valence-electron chi connectivity index (χ4n) is 2.00. The van der Waals surface area contributed by atoms with Gasteiger partial charge in [-0.2, -0.15) is 0 Å². The zero-order valence-electron chi connectivity index (χ0n) is 12.3. The van der Waals surface area contributed by atoms with Gasteiger partial charge in [0.05, 0.1) is 10.9 Å². The molecule has 2 rings (SSSR count). The molecule has 5 heteroatoms. The lowest BCUT2D eigenvalue weighted by atomic mass is 10.2. The van der Waals surface area contributed by atoms with Crippen LogP contribution in [-0.2, 0) is 11.3 Å². The highest BCUT2D eigenvalue weighted by Crippen LogP contribution is 2.23. The molecular weight excluding hydrogens is 306 g/mol. The number of hydrogen-bond donors (Lipinski definition) is 0. The molecule has 0 spiro atoms. The molecule has 0 bridgehead atoms. The molecule has 0 aliphatic heterocycles. The summed E-state index contributed by atoms with van der Waals surface area (Å²) in [5.74, 6) is 0.657. The average Bonchev–Trinajstić information content (AvgIpc) is 2.83. The minimum absolute atomic E-state index is 0.0546. The Morgan fingerprint density at radius 3 is 2.76 bits per heavy atom. The summed E-state index contributed by atoms with van der Waals surface area (Å²) in [7, 11) is 1.77. The lowest BCUT2D eigenvalue weighted by Gasteiger charge is -2.21. The van der Waals surface area contributed by atoms with E-state index < -0.39 is 6.10 Å². The summed E-state index contributed by atoms with van der Waals surface area (Å²) in [6.07, 6.45) is -0.521. The Balaban J connectivity index is 1.95. The van der Waals surface area contributed by atoms with E-state index >= 15 is 0 Å². The average molecular weight is 324 g/mol. The molecule has 0 saturated carbocycles. The number of benzene rings is 1. The zero-order valence-corrected chi connectivity index (χ0v) is 13.9. The summed E-state index contributed by atoms with van der Waals surface area (Å²) in [5, 5.41) is 0. The van der Waals surface area contributed by atoms with Crippen molar-refractivity contribution in [2.45, 2.75) is 26.5 Å². The Hall–Kier alpha value is -1.52. The number of carbonyl (C=O) groups is 1. The van der Waals surface area contributed by atoms with E-state index in [1.54, 1.807) is 18.9 Å². The predicted molar refractivity (Wildman–Crippen MR) is 87.1 cm³/mol. The highest BCUT2D eigenvalue weighted by Gasteiger charge is 2.19. The van der Waals surface area contributed by atoms with Crippen LogP contribution in [0.25, 0.3) is 0 Å². The summed E-state index contributed by atoms with van der Waals surface area (Å²) in [6.45, 7) is 4.30. The molecule has 21 heavy (non-hydrogen) atoms. The topological polar surface area (TPSA) is 29.5 Å². The van der Waals surface area contributed by atoms with E-state index in [0.717, 1.165) is 14.8 Å². The third kappa shape index (κ3) is 4.48. The van der Waals surface area contributed by atoms with Crippen LogP contribution in [0.2, 0.25) is 4.34 Å².